The van der Waals surface area contributed by atoms with E-state index in [1.807, 2.05) is 11.4 Å². The van der Waals surface area contributed by atoms with Gasteiger partial charge in [0.05, 0.1) is 6.10 Å². The molecule has 0 unspecified atom stereocenters. The number of carbonyl (C=O) groups excluding carboxylic acids is 1. The number of anilines is 1. The molecule has 170 valence electrons. The van der Waals surface area contributed by atoms with Gasteiger partial charge in [0, 0.05) is 34.1 Å². The van der Waals surface area contributed by atoms with E-state index in [9.17, 15) is 19.5 Å². The van der Waals surface area contributed by atoms with Gasteiger partial charge in [-0.1, -0.05) is 12.1 Å². The van der Waals surface area contributed by atoms with Crippen molar-refractivity contribution >= 4 is 50.3 Å². The fourth-order valence-electron chi connectivity index (χ4n) is 3.74. The largest absolute Gasteiger partial charge is 0.514 e. The van der Waals surface area contributed by atoms with Crippen molar-refractivity contribution in [1.29, 1.82) is 0 Å². The molecule has 0 bridgehead atoms. The molecule has 9 heteroatoms. The lowest BCUT2D eigenvalue weighted by molar-refractivity contribution is 0.0731. The molecule has 0 spiro atoms. The van der Waals surface area contributed by atoms with Crippen LogP contribution in [-0.2, 0) is 4.74 Å². The maximum Gasteiger partial charge on any atom is 0.514 e. The Morgan fingerprint density at radius 1 is 1.12 bits per heavy atom. The third kappa shape index (κ3) is 4.27. The number of carbonyl (C=O) groups is 2. The van der Waals surface area contributed by atoms with Crippen LogP contribution in [0.1, 0.15) is 20.8 Å². The predicted octanol–water partition coefficient (Wildman–Crippen LogP) is 5.84. The Bertz CT molecular complexity index is 1400. The molecule has 4 aromatic rings. The quantitative estimate of drug-likeness (QED) is 0.283. The molecule has 2 aromatic heterocycles. The Balaban J connectivity index is 1.94. The van der Waals surface area contributed by atoms with Crippen molar-refractivity contribution in [3.63, 3.8) is 0 Å². The number of thiophene rings is 1. The molecule has 2 heterocycles. The molecule has 4 rings (SSSR count). The normalized spacial score (nSPS) is 11.2. The number of hydrogen-bond donors (Lipinski definition) is 2. The van der Waals surface area contributed by atoms with E-state index in [1.54, 1.807) is 57.2 Å². The van der Waals surface area contributed by atoms with Crippen LogP contribution in [0, 0.1) is 0 Å². The van der Waals surface area contributed by atoms with Crippen molar-refractivity contribution in [2.24, 2.45) is 0 Å². The molecule has 0 aliphatic heterocycles. The van der Waals surface area contributed by atoms with E-state index in [1.165, 1.54) is 16.2 Å². The topological polar surface area (TPSA) is 109 Å². The smallest absolute Gasteiger partial charge is 0.465 e. The van der Waals surface area contributed by atoms with Crippen molar-refractivity contribution in [3.8, 4) is 16.9 Å². The van der Waals surface area contributed by atoms with Crippen LogP contribution in [0.15, 0.2) is 52.6 Å². The molecular weight excluding hydrogens is 444 g/mol. The number of carboxylic acid groups (broad SMARTS) is 1. The molecule has 0 aliphatic carbocycles. The molecule has 1 amide bonds. The number of aromatic amines is 1. The summed E-state index contributed by atoms with van der Waals surface area (Å²) >= 11 is 1.33. The Hall–Kier alpha value is -3.85. The van der Waals surface area contributed by atoms with Crippen LogP contribution < -0.4 is 15.2 Å². The van der Waals surface area contributed by atoms with Gasteiger partial charge < -0.3 is 19.6 Å². The van der Waals surface area contributed by atoms with E-state index in [0.717, 1.165) is 10.8 Å². The molecule has 0 saturated carbocycles. The molecule has 2 N–H and O–H groups in total. The number of aromatic nitrogens is 1. The summed E-state index contributed by atoms with van der Waals surface area (Å²) in [6.45, 7) is 5.50. The molecular formula is C24H22N2O6S. The number of pyridine rings is 1. The number of benzene rings is 2. The van der Waals surface area contributed by atoms with Crippen molar-refractivity contribution in [2.45, 2.75) is 26.9 Å². The molecule has 2 aromatic carbocycles. The number of nitrogens with one attached hydrogen (secondary N) is 1. The number of amides is 1. The minimum Gasteiger partial charge on any atom is -0.465 e. The molecule has 0 atom stereocenters. The molecule has 33 heavy (non-hydrogen) atoms. The van der Waals surface area contributed by atoms with Gasteiger partial charge in [-0.2, -0.15) is 0 Å². The molecule has 0 saturated heterocycles. The highest BCUT2D eigenvalue weighted by atomic mass is 32.1. The van der Waals surface area contributed by atoms with E-state index in [2.05, 4.69) is 4.98 Å². The minimum atomic E-state index is -1.05. The fourth-order valence-corrected chi connectivity index (χ4v) is 4.54. The van der Waals surface area contributed by atoms with Crippen molar-refractivity contribution in [3.05, 3.63) is 58.2 Å². The standard InChI is InChI=1S/C24H22N2O6S/c1-4-26(23(28)29)15-7-5-14(6-8-15)19-18(32-24(30)31-13(2)3)10-9-17-20(19)16-11-12-33-21(16)22(27)25-17/h5-13H,4H2,1-3H3,(H,25,27)(H,28,29). The lowest BCUT2D eigenvalue weighted by Gasteiger charge is -2.18. The highest BCUT2D eigenvalue weighted by Crippen LogP contribution is 2.41. The number of hydrogen-bond acceptors (Lipinski definition) is 6. The SMILES string of the molecule is CCN(C(=O)O)c1ccc(-c2c(OC(=O)OC(C)C)ccc3[nH]c(=O)c4sccc4c23)cc1. The van der Waals surface area contributed by atoms with Gasteiger partial charge in [-0.25, -0.2) is 9.59 Å². The summed E-state index contributed by atoms with van der Waals surface area (Å²) in [5.41, 5.74) is 2.21. The maximum atomic E-state index is 12.5. The Morgan fingerprint density at radius 3 is 2.48 bits per heavy atom. The van der Waals surface area contributed by atoms with Crippen molar-refractivity contribution in [2.75, 3.05) is 11.4 Å². The van der Waals surface area contributed by atoms with Gasteiger partial charge in [0.15, 0.2) is 0 Å². The maximum absolute atomic E-state index is 12.5. The number of rotatable bonds is 5. The zero-order valence-electron chi connectivity index (χ0n) is 18.2. The van der Waals surface area contributed by atoms with E-state index in [-0.39, 0.29) is 17.4 Å². The summed E-state index contributed by atoms with van der Waals surface area (Å²) in [7, 11) is 0. The van der Waals surface area contributed by atoms with Gasteiger partial charge in [0.2, 0.25) is 0 Å². The average molecular weight is 467 g/mol. The molecule has 0 fully saturated rings. The van der Waals surface area contributed by atoms with Crippen LogP contribution in [0.4, 0.5) is 15.3 Å². The lowest BCUT2D eigenvalue weighted by atomic mass is 9.97. The van der Waals surface area contributed by atoms with E-state index < -0.39 is 12.2 Å². The summed E-state index contributed by atoms with van der Waals surface area (Å²) in [4.78, 5) is 40.4. The van der Waals surface area contributed by atoms with Crippen LogP contribution >= 0.6 is 11.3 Å². The zero-order chi connectivity index (χ0) is 23.7. The van der Waals surface area contributed by atoms with Crippen molar-refractivity contribution in [1.82, 2.24) is 4.98 Å². The van der Waals surface area contributed by atoms with E-state index in [0.29, 0.717) is 33.6 Å². The van der Waals surface area contributed by atoms with Gasteiger partial charge in [0.25, 0.3) is 5.56 Å². The van der Waals surface area contributed by atoms with Gasteiger partial charge >= 0.3 is 12.2 Å². The second-order valence-corrected chi connectivity index (χ2v) is 8.49. The van der Waals surface area contributed by atoms with Gasteiger partial charge in [0.1, 0.15) is 10.4 Å². The third-order valence-corrected chi connectivity index (χ3v) is 6.01. The molecule has 0 radical (unpaired) electrons. The number of ether oxygens (including phenoxy) is 2. The van der Waals surface area contributed by atoms with Gasteiger partial charge in [-0.15, -0.1) is 11.3 Å². The Morgan fingerprint density at radius 2 is 1.85 bits per heavy atom. The van der Waals surface area contributed by atoms with Crippen LogP contribution in [-0.4, -0.2) is 35.0 Å². The summed E-state index contributed by atoms with van der Waals surface area (Å²) in [6, 6.07) is 12.1. The van der Waals surface area contributed by atoms with Gasteiger partial charge in [-0.05, 0) is 62.0 Å². The lowest BCUT2D eigenvalue weighted by Crippen LogP contribution is -2.28. The summed E-state index contributed by atoms with van der Waals surface area (Å²) < 4.78 is 11.3. The Labute approximate surface area is 193 Å². The second-order valence-electron chi connectivity index (χ2n) is 7.57. The van der Waals surface area contributed by atoms with Crippen LogP contribution in [0.5, 0.6) is 5.75 Å². The van der Waals surface area contributed by atoms with Crippen molar-refractivity contribution < 1.29 is 24.2 Å². The highest BCUT2D eigenvalue weighted by Gasteiger charge is 2.20. The summed E-state index contributed by atoms with van der Waals surface area (Å²) in [6.07, 6.45) is -2.23. The van der Waals surface area contributed by atoms with Crippen LogP contribution in [0.3, 0.4) is 0 Å². The first-order chi connectivity index (χ1) is 15.8. The van der Waals surface area contributed by atoms with E-state index in [4.69, 9.17) is 9.47 Å². The van der Waals surface area contributed by atoms with Crippen LogP contribution in [0.2, 0.25) is 0 Å². The zero-order valence-corrected chi connectivity index (χ0v) is 19.1. The first-order valence-electron chi connectivity index (χ1n) is 10.4. The number of fused-ring (bicyclic) bond motifs is 3. The fraction of sp³-hybridized carbons (Fsp3) is 0.208. The first-order valence-corrected chi connectivity index (χ1v) is 11.2. The van der Waals surface area contributed by atoms with Gasteiger partial charge in [-0.3, -0.25) is 9.69 Å². The predicted molar refractivity (Wildman–Crippen MR) is 129 cm³/mol. The second kappa shape index (κ2) is 8.95. The number of H-pyrrole nitrogens is 1. The molecule has 8 nitrogen and oxygen atoms in total. The van der Waals surface area contributed by atoms with E-state index >= 15 is 0 Å². The third-order valence-electron chi connectivity index (χ3n) is 5.10. The monoisotopic (exact) mass is 466 g/mol. The first kappa shape index (κ1) is 22.3. The average Bonchev–Trinajstić information content (AvgIpc) is 3.25. The Kier molecular flexibility index (Phi) is 6.06. The summed E-state index contributed by atoms with van der Waals surface area (Å²) in [5, 5.41) is 12.7. The molecule has 0 aliphatic rings. The highest BCUT2D eigenvalue weighted by molar-refractivity contribution is 7.17. The summed E-state index contributed by atoms with van der Waals surface area (Å²) in [5.74, 6) is 0.269. The minimum absolute atomic E-state index is 0.193. The van der Waals surface area contributed by atoms with Crippen LogP contribution in [0.25, 0.3) is 32.1 Å². The number of nitrogens with zero attached hydrogens (tertiary/aromatic N) is 1.